The van der Waals surface area contributed by atoms with Gasteiger partial charge in [0.15, 0.2) is 0 Å². The van der Waals surface area contributed by atoms with Gasteiger partial charge in [0.1, 0.15) is 0 Å². The first-order valence-electron chi connectivity index (χ1n) is 13.4. The third kappa shape index (κ3) is 9.71. The largest absolute Gasteiger partial charge is 2.00 e. The van der Waals surface area contributed by atoms with Crippen molar-refractivity contribution < 1.29 is 47.4 Å². The molecule has 13 heteroatoms. The van der Waals surface area contributed by atoms with E-state index in [-0.39, 0.29) is 32.7 Å². The first-order chi connectivity index (χ1) is 21.4. The zero-order chi connectivity index (χ0) is 32.5. The van der Waals surface area contributed by atoms with Gasteiger partial charge in [-0.1, -0.05) is 84.9 Å². The SMILES string of the molecule is N=C(C=[C-]Nc1cccc(C(Cc2ccccc2)(Cc2ccccc2)c2cccc(N[C-]=CC(=N)C(F)(F)F)n2)n1)C(F)(F)F.[Pt+2]. The van der Waals surface area contributed by atoms with Crippen LogP contribution in [0.2, 0.25) is 0 Å². The fraction of sp³-hybridized carbons (Fsp3) is 0.152. The van der Waals surface area contributed by atoms with Crippen molar-refractivity contribution in [2.75, 3.05) is 10.6 Å². The molecule has 46 heavy (non-hydrogen) atoms. The molecule has 4 aromatic rings. The molecule has 0 fully saturated rings. The molecular formula is C33H26F6N6Pt. The second-order valence-corrected chi connectivity index (χ2v) is 9.87. The van der Waals surface area contributed by atoms with Crippen LogP contribution < -0.4 is 10.6 Å². The van der Waals surface area contributed by atoms with Crippen LogP contribution in [0, 0.1) is 23.2 Å². The molecule has 240 valence electrons. The second kappa shape index (κ2) is 15.6. The van der Waals surface area contributed by atoms with Gasteiger partial charge in [-0.2, -0.15) is 26.3 Å². The van der Waals surface area contributed by atoms with Gasteiger partial charge in [-0.3, -0.25) is 9.97 Å². The molecule has 0 aliphatic carbocycles. The number of halogens is 6. The third-order valence-electron chi connectivity index (χ3n) is 6.62. The standard InChI is InChI=1S/C33H26F6N6.Pt/c34-32(35,36)25(40)17-19-42-29-15-7-13-27(44-29)31(21-23-9-3-1-4-10-23,22-24-11-5-2-6-12-24)28-14-8-16-30(45-28)43-20-18-26(41)33(37,38)39;/h1-18,40-41H,21-22H2,(H,42,44)(H,43,45);/q-2;+2. The first kappa shape index (κ1) is 35.9. The zero-order valence-corrected chi connectivity index (χ0v) is 26.1. The van der Waals surface area contributed by atoms with Crippen molar-refractivity contribution >= 4 is 23.1 Å². The number of benzene rings is 2. The number of pyridine rings is 2. The number of allylic oxidation sites excluding steroid dienone is 2. The Kier molecular flexibility index (Phi) is 12.2. The van der Waals surface area contributed by atoms with Gasteiger partial charge in [0.2, 0.25) is 0 Å². The first-order valence-corrected chi connectivity index (χ1v) is 13.4. The summed E-state index contributed by atoms with van der Waals surface area (Å²) in [5.41, 5.74) is -1.33. The van der Waals surface area contributed by atoms with Gasteiger partial charge >= 0.3 is 33.4 Å². The Labute approximate surface area is 276 Å². The average molecular weight is 816 g/mol. The molecule has 2 heterocycles. The minimum absolute atomic E-state index is 0. The summed E-state index contributed by atoms with van der Waals surface area (Å²) in [6.07, 6.45) is -3.46. The molecular weight excluding hydrogens is 789 g/mol. The van der Waals surface area contributed by atoms with Crippen LogP contribution in [0.25, 0.3) is 0 Å². The van der Waals surface area contributed by atoms with Crippen LogP contribution in [0.15, 0.2) is 109 Å². The van der Waals surface area contributed by atoms with E-state index in [1.54, 1.807) is 24.3 Å². The van der Waals surface area contributed by atoms with Crippen LogP contribution in [0.3, 0.4) is 0 Å². The Hall–Kier alpha value is -4.57. The molecule has 0 saturated heterocycles. The number of hydrogen-bond acceptors (Lipinski definition) is 6. The van der Waals surface area contributed by atoms with Gasteiger partial charge in [-0.05, 0) is 36.1 Å². The molecule has 0 bridgehead atoms. The topological polar surface area (TPSA) is 97.5 Å². The number of rotatable bonds is 12. The van der Waals surface area contributed by atoms with Crippen molar-refractivity contribution in [2.24, 2.45) is 0 Å². The molecule has 4 rings (SSSR count). The fourth-order valence-corrected chi connectivity index (χ4v) is 4.51. The van der Waals surface area contributed by atoms with Crippen molar-refractivity contribution in [3.8, 4) is 0 Å². The summed E-state index contributed by atoms with van der Waals surface area (Å²) >= 11 is 0. The Morgan fingerprint density at radius 1 is 0.587 bits per heavy atom. The molecule has 6 nitrogen and oxygen atoms in total. The minimum atomic E-state index is -4.82. The van der Waals surface area contributed by atoms with Gasteiger partial charge in [-0.15, -0.1) is 24.6 Å². The third-order valence-corrected chi connectivity index (χ3v) is 6.62. The normalized spacial score (nSPS) is 12.1. The second-order valence-electron chi connectivity index (χ2n) is 9.87. The number of nitrogens with zero attached hydrogens (tertiary/aromatic N) is 2. The van der Waals surface area contributed by atoms with Crippen LogP contribution >= 0.6 is 0 Å². The monoisotopic (exact) mass is 815 g/mol. The van der Waals surface area contributed by atoms with Gasteiger partial charge in [0.25, 0.3) is 0 Å². The predicted molar refractivity (Wildman–Crippen MR) is 160 cm³/mol. The molecule has 0 radical (unpaired) electrons. The van der Waals surface area contributed by atoms with E-state index >= 15 is 0 Å². The van der Waals surface area contributed by atoms with E-state index < -0.39 is 29.2 Å². The zero-order valence-electron chi connectivity index (χ0n) is 23.8. The molecule has 0 atom stereocenters. The number of nitrogens with one attached hydrogen (secondary N) is 4. The van der Waals surface area contributed by atoms with E-state index in [1.807, 2.05) is 60.7 Å². The molecule has 4 N–H and O–H groups in total. The summed E-state index contributed by atoms with van der Waals surface area (Å²) in [4.78, 5) is 9.47. The molecule has 0 saturated carbocycles. The van der Waals surface area contributed by atoms with Crippen LogP contribution in [0.1, 0.15) is 22.5 Å². The summed E-state index contributed by atoms with van der Waals surface area (Å²) in [6, 6.07) is 28.9. The minimum Gasteiger partial charge on any atom is -0.453 e. The van der Waals surface area contributed by atoms with Gasteiger partial charge in [0, 0.05) is 34.4 Å². The maximum Gasteiger partial charge on any atom is 2.00 e. The smallest absolute Gasteiger partial charge is 0.453 e. The molecule has 0 aliphatic heterocycles. The van der Waals surface area contributed by atoms with Crippen LogP contribution in [-0.2, 0) is 39.3 Å². The van der Waals surface area contributed by atoms with Crippen molar-refractivity contribution in [1.82, 2.24) is 9.97 Å². The summed E-state index contributed by atoms with van der Waals surface area (Å²) in [6.45, 7) is 0. The fourth-order valence-electron chi connectivity index (χ4n) is 4.51. The molecule has 2 aromatic carbocycles. The quantitative estimate of drug-likeness (QED) is 0.0507. The van der Waals surface area contributed by atoms with E-state index in [4.69, 9.17) is 20.8 Å². The van der Waals surface area contributed by atoms with Gasteiger partial charge in [-0.25, -0.2) is 0 Å². The van der Waals surface area contributed by atoms with Crippen LogP contribution in [-0.4, -0.2) is 33.7 Å². The van der Waals surface area contributed by atoms with E-state index in [2.05, 4.69) is 23.0 Å². The summed E-state index contributed by atoms with van der Waals surface area (Å²) in [7, 11) is 0. The molecule has 0 aliphatic rings. The molecule has 0 unspecified atom stereocenters. The van der Waals surface area contributed by atoms with Gasteiger partial charge < -0.3 is 21.5 Å². The number of alkyl halides is 6. The number of aromatic nitrogens is 2. The number of anilines is 2. The molecule has 2 aromatic heterocycles. The summed E-state index contributed by atoms with van der Waals surface area (Å²) in [5, 5.41) is 19.4. The van der Waals surface area contributed by atoms with Crippen molar-refractivity contribution in [3.63, 3.8) is 0 Å². The van der Waals surface area contributed by atoms with Crippen molar-refractivity contribution in [2.45, 2.75) is 30.6 Å². The van der Waals surface area contributed by atoms with Crippen molar-refractivity contribution in [1.29, 1.82) is 10.8 Å². The maximum atomic E-state index is 12.8. The van der Waals surface area contributed by atoms with E-state index in [0.29, 0.717) is 36.4 Å². The summed E-state index contributed by atoms with van der Waals surface area (Å²) < 4.78 is 76.7. The molecule has 0 amide bonds. The van der Waals surface area contributed by atoms with E-state index in [0.717, 1.165) is 11.1 Å². The van der Waals surface area contributed by atoms with Crippen molar-refractivity contribution in [3.05, 3.63) is 144 Å². The molecule has 0 spiro atoms. The van der Waals surface area contributed by atoms with E-state index in [9.17, 15) is 26.3 Å². The summed E-state index contributed by atoms with van der Waals surface area (Å²) in [5.74, 6) is 0.334. The van der Waals surface area contributed by atoms with E-state index in [1.165, 1.54) is 12.1 Å². The van der Waals surface area contributed by atoms with Crippen LogP contribution in [0.4, 0.5) is 38.0 Å². The Morgan fingerprint density at radius 2 is 0.957 bits per heavy atom. The van der Waals surface area contributed by atoms with Crippen LogP contribution in [0.5, 0.6) is 0 Å². The maximum absolute atomic E-state index is 12.8. The predicted octanol–water partition coefficient (Wildman–Crippen LogP) is 7.87. The Bertz CT molecular complexity index is 1550. The average Bonchev–Trinajstić information content (AvgIpc) is 3.01. The Morgan fingerprint density at radius 3 is 1.30 bits per heavy atom. The Balaban J connectivity index is 0.00000576. The number of hydrogen-bond donors (Lipinski definition) is 4. The van der Waals surface area contributed by atoms with Gasteiger partial charge in [0.05, 0.1) is 5.41 Å².